The summed E-state index contributed by atoms with van der Waals surface area (Å²) in [7, 11) is 5.28. The lowest BCUT2D eigenvalue weighted by molar-refractivity contribution is -0.318. The molecule has 0 aliphatic carbocycles. The SMILES string of the molecule is CC[C@H]1OC(=O)[C@H](C)[C@@H](O[C@H]2C[C@@](C)(OC)[C@@H](O)[C@H](C)O2)[C@H](C)[C@@H](O[C@@H]2O[C@H](C)C[C@H](N(C)CCCN)[C@H]2O)[C@](C)(O)C[C@@H](C)CN(C)[C@H](C)[C@@H](O)[C@]1(C)O. The molecule has 0 aromatic heterocycles. The molecule has 3 aliphatic heterocycles. The second-order valence-corrected chi connectivity index (χ2v) is 17.8. The first kappa shape index (κ1) is 48.3. The summed E-state index contributed by atoms with van der Waals surface area (Å²) in [5, 5.41) is 58.6. The van der Waals surface area contributed by atoms with Crippen molar-refractivity contribution >= 4 is 5.97 Å². The topological polar surface area (TPSA) is 206 Å². The predicted octanol–water partition coefficient (Wildman–Crippen LogP) is 1.62. The van der Waals surface area contributed by atoms with E-state index in [1.807, 2.05) is 39.8 Å². The summed E-state index contributed by atoms with van der Waals surface area (Å²) in [6.07, 6.45) is -7.66. The molecule has 3 fully saturated rings. The van der Waals surface area contributed by atoms with Crippen LogP contribution < -0.4 is 5.73 Å². The van der Waals surface area contributed by atoms with Crippen molar-refractivity contribution in [3.63, 3.8) is 0 Å². The third-order valence-electron chi connectivity index (χ3n) is 12.8. The molecule has 7 N–H and O–H groups in total. The molecular weight excluding hydrogens is 714 g/mol. The van der Waals surface area contributed by atoms with Crippen molar-refractivity contribution in [2.24, 2.45) is 23.5 Å². The van der Waals surface area contributed by atoms with Gasteiger partial charge in [-0.25, -0.2) is 0 Å². The molecule has 3 saturated heterocycles. The fraction of sp³-hybridized carbons (Fsp3) is 0.975. The average Bonchev–Trinajstić information content (AvgIpc) is 3.11. The van der Waals surface area contributed by atoms with Crippen molar-refractivity contribution in [1.29, 1.82) is 0 Å². The Hall–Kier alpha value is -1.05. The first-order chi connectivity index (χ1) is 25.4. The Kier molecular flexibility index (Phi) is 17.4. The van der Waals surface area contributed by atoms with Crippen LogP contribution in [0.1, 0.15) is 101 Å². The van der Waals surface area contributed by atoms with Gasteiger partial charge in [0.25, 0.3) is 0 Å². The molecule has 0 unspecified atom stereocenters. The lowest BCUT2D eigenvalue weighted by atomic mass is 9.77. The standard InChI is InChI=1S/C40H77N3O12/c1-14-29-40(10,49)33(45)26(6)43(12)21-22(2)19-38(8,48)35(55-37-31(44)28(18-23(3)51-37)42(11)17-15-16-41)24(4)32(25(5)36(47)53-29)54-30-20-39(9,50-13)34(46)27(7)52-30/h22-35,37,44-46,48-49H,14-21,41H2,1-13H3/t22-,23-,24+,25-,26-,27+,28+,29-,30+,31-,32+,33-,34+,35-,37+,38-,39-,40-/m1/s1. The number of aliphatic hydroxyl groups excluding tert-OH is 3. The Morgan fingerprint density at radius 2 is 1.62 bits per heavy atom. The van der Waals surface area contributed by atoms with Gasteiger partial charge < -0.3 is 69.5 Å². The summed E-state index contributed by atoms with van der Waals surface area (Å²) in [5.74, 6) is -2.63. The van der Waals surface area contributed by atoms with Crippen LogP contribution in [0.5, 0.6) is 0 Å². The van der Waals surface area contributed by atoms with Gasteiger partial charge >= 0.3 is 5.97 Å². The van der Waals surface area contributed by atoms with E-state index in [1.54, 1.807) is 41.5 Å². The summed E-state index contributed by atoms with van der Waals surface area (Å²) in [4.78, 5) is 18.3. The molecule has 15 heteroatoms. The van der Waals surface area contributed by atoms with E-state index < -0.39 is 96.0 Å². The van der Waals surface area contributed by atoms with E-state index in [0.717, 1.165) is 6.42 Å². The van der Waals surface area contributed by atoms with Gasteiger partial charge in [0.2, 0.25) is 0 Å². The zero-order valence-corrected chi connectivity index (χ0v) is 35.9. The number of aliphatic hydroxyl groups is 5. The van der Waals surface area contributed by atoms with Gasteiger partial charge in [0.1, 0.15) is 30.0 Å². The second-order valence-electron chi connectivity index (χ2n) is 17.8. The molecule has 3 rings (SSSR count). The molecule has 0 amide bonds. The normalized spacial score (nSPS) is 47.6. The van der Waals surface area contributed by atoms with Gasteiger partial charge in [-0.05, 0) is 107 Å². The first-order valence-electron chi connectivity index (χ1n) is 20.4. The molecule has 3 heterocycles. The molecule has 0 radical (unpaired) electrons. The predicted molar refractivity (Wildman–Crippen MR) is 207 cm³/mol. The molecule has 324 valence electrons. The summed E-state index contributed by atoms with van der Waals surface area (Å²) in [6, 6.07) is -0.852. The second kappa shape index (κ2) is 19.8. The lowest BCUT2D eigenvalue weighted by Crippen LogP contribution is -2.61. The van der Waals surface area contributed by atoms with E-state index >= 15 is 0 Å². The number of hydrogen-bond acceptors (Lipinski definition) is 15. The van der Waals surface area contributed by atoms with Crippen LogP contribution >= 0.6 is 0 Å². The molecule has 0 spiro atoms. The zero-order valence-electron chi connectivity index (χ0n) is 35.9. The molecule has 0 saturated carbocycles. The zero-order chi connectivity index (χ0) is 41.8. The van der Waals surface area contributed by atoms with Crippen LogP contribution in [0.4, 0.5) is 0 Å². The third-order valence-corrected chi connectivity index (χ3v) is 12.8. The fourth-order valence-electron chi connectivity index (χ4n) is 9.17. The Balaban J connectivity index is 2.17. The largest absolute Gasteiger partial charge is 0.459 e. The van der Waals surface area contributed by atoms with Crippen LogP contribution in [0.25, 0.3) is 0 Å². The maximum atomic E-state index is 14.3. The van der Waals surface area contributed by atoms with Gasteiger partial charge in [-0.1, -0.05) is 20.8 Å². The van der Waals surface area contributed by atoms with Crippen molar-refractivity contribution in [2.75, 3.05) is 40.8 Å². The van der Waals surface area contributed by atoms with E-state index in [1.165, 1.54) is 14.0 Å². The van der Waals surface area contributed by atoms with E-state index in [0.29, 0.717) is 26.1 Å². The van der Waals surface area contributed by atoms with Gasteiger partial charge in [0.05, 0.1) is 41.5 Å². The number of ether oxygens (including phenoxy) is 6. The third kappa shape index (κ3) is 11.4. The van der Waals surface area contributed by atoms with E-state index in [4.69, 9.17) is 34.2 Å². The van der Waals surface area contributed by atoms with Crippen molar-refractivity contribution in [3.8, 4) is 0 Å². The maximum absolute atomic E-state index is 14.3. The Labute approximate surface area is 330 Å². The van der Waals surface area contributed by atoms with Crippen LogP contribution in [0, 0.1) is 17.8 Å². The number of esters is 1. The first-order valence-corrected chi connectivity index (χ1v) is 20.4. The number of nitrogens with two attached hydrogens (primary N) is 1. The number of likely N-dealkylation sites (N-methyl/N-ethyl adjacent to an activating group) is 2. The fourth-order valence-corrected chi connectivity index (χ4v) is 9.17. The minimum absolute atomic E-state index is 0.125. The molecule has 15 nitrogen and oxygen atoms in total. The van der Waals surface area contributed by atoms with Gasteiger partial charge in [0, 0.05) is 38.1 Å². The van der Waals surface area contributed by atoms with Gasteiger partial charge in [-0.15, -0.1) is 0 Å². The molecule has 0 aromatic carbocycles. The molecule has 0 aromatic rings. The minimum atomic E-state index is -1.81. The maximum Gasteiger partial charge on any atom is 0.311 e. The van der Waals surface area contributed by atoms with Crippen LogP contribution in [0.15, 0.2) is 0 Å². The molecule has 55 heavy (non-hydrogen) atoms. The van der Waals surface area contributed by atoms with Crippen molar-refractivity contribution in [1.82, 2.24) is 9.80 Å². The molecular formula is C40H77N3O12. The Morgan fingerprint density at radius 3 is 2.20 bits per heavy atom. The summed E-state index contributed by atoms with van der Waals surface area (Å²) in [6.45, 7) is 19.2. The van der Waals surface area contributed by atoms with Crippen LogP contribution in [0.2, 0.25) is 0 Å². The van der Waals surface area contributed by atoms with Gasteiger partial charge in [-0.3, -0.25) is 4.79 Å². The van der Waals surface area contributed by atoms with E-state index in [9.17, 15) is 30.3 Å². The number of rotatable bonds is 10. The van der Waals surface area contributed by atoms with Crippen LogP contribution in [-0.2, 0) is 33.2 Å². The number of hydrogen-bond donors (Lipinski definition) is 6. The quantitative estimate of drug-likeness (QED) is 0.174. The number of methoxy groups -OCH3 is 1. The van der Waals surface area contributed by atoms with E-state index in [2.05, 4.69) is 4.90 Å². The van der Waals surface area contributed by atoms with Crippen LogP contribution in [0.3, 0.4) is 0 Å². The highest BCUT2D eigenvalue weighted by molar-refractivity contribution is 5.73. The Bertz CT molecular complexity index is 1200. The smallest absolute Gasteiger partial charge is 0.311 e. The number of carbonyl (C=O) groups excluding carboxylic acids is 1. The highest BCUT2D eigenvalue weighted by Crippen LogP contribution is 2.40. The van der Waals surface area contributed by atoms with Crippen LogP contribution in [-0.4, -0.2) is 172 Å². The minimum Gasteiger partial charge on any atom is -0.459 e. The monoisotopic (exact) mass is 792 g/mol. The van der Waals surface area contributed by atoms with E-state index in [-0.39, 0.29) is 37.3 Å². The summed E-state index contributed by atoms with van der Waals surface area (Å²) in [5.41, 5.74) is 1.38. The van der Waals surface area contributed by atoms with Crippen molar-refractivity contribution in [2.45, 2.75) is 192 Å². The van der Waals surface area contributed by atoms with Crippen molar-refractivity contribution in [3.05, 3.63) is 0 Å². The number of nitrogens with zero attached hydrogens (tertiary/aromatic N) is 2. The number of cyclic esters (lactones) is 1. The summed E-state index contributed by atoms with van der Waals surface area (Å²) < 4.78 is 37.8. The van der Waals surface area contributed by atoms with Crippen molar-refractivity contribution < 1.29 is 58.7 Å². The Morgan fingerprint density at radius 1 is 0.982 bits per heavy atom. The highest BCUT2D eigenvalue weighted by atomic mass is 16.7. The molecule has 0 bridgehead atoms. The highest BCUT2D eigenvalue weighted by Gasteiger charge is 2.52. The molecule has 3 aliphatic rings. The summed E-state index contributed by atoms with van der Waals surface area (Å²) >= 11 is 0. The lowest BCUT2D eigenvalue weighted by Gasteiger charge is -2.49. The van der Waals surface area contributed by atoms with Gasteiger partial charge in [0.15, 0.2) is 12.6 Å². The van der Waals surface area contributed by atoms with Gasteiger partial charge in [-0.2, -0.15) is 0 Å². The average molecular weight is 792 g/mol. The molecule has 18 atom stereocenters. The number of carbonyl (C=O) groups is 1.